The van der Waals surface area contributed by atoms with Gasteiger partial charge in [0.25, 0.3) is 0 Å². The summed E-state index contributed by atoms with van der Waals surface area (Å²) in [5.74, 6) is 1.13. The zero-order valence-electron chi connectivity index (χ0n) is 17.8. The van der Waals surface area contributed by atoms with E-state index in [-0.39, 0.29) is 23.1 Å². The summed E-state index contributed by atoms with van der Waals surface area (Å²) >= 11 is 0. The van der Waals surface area contributed by atoms with E-state index in [0.29, 0.717) is 5.92 Å². The molecule has 5 nitrogen and oxygen atoms in total. The molecule has 1 aromatic carbocycles. The normalized spacial score (nSPS) is 18.7. The van der Waals surface area contributed by atoms with Crippen LogP contribution in [0.5, 0.6) is 5.75 Å². The Bertz CT molecular complexity index is 1060. The summed E-state index contributed by atoms with van der Waals surface area (Å²) in [4.78, 5) is 25.1. The molecule has 0 atom stereocenters. The van der Waals surface area contributed by atoms with Crippen LogP contribution in [0.15, 0.2) is 29.2 Å². The number of carbonyl (C=O) groups excluding carboxylic acids is 1. The van der Waals surface area contributed by atoms with E-state index in [1.54, 1.807) is 19.2 Å². The Kier molecular flexibility index (Phi) is 4.72. The predicted molar refractivity (Wildman–Crippen MR) is 115 cm³/mol. The summed E-state index contributed by atoms with van der Waals surface area (Å²) in [6, 6.07) is 5.96. The van der Waals surface area contributed by atoms with Gasteiger partial charge in [0.05, 0.1) is 18.9 Å². The molecule has 0 amide bonds. The van der Waals surface area contributed by atoms with Crippen LogP contribution in [0.3, 0.4) is 0 Å². The fraction of sp³-hybridized carbons (Fsp3) is 0.520. The van der Waals surface area contributed by atoms with Gasteiger partial charge in [-0.05, 0) is 81.5 Å². The third kappa shape index (κ3) is 3.06. The average Bonchev–Trinajstić information content (AvgIpc) is 2.65. The molecular formula is C25H29NO4. The molecule has 5 heteroatoms. The summed E-state index contributed by atoms with van der Waals surface area (Å²) in [6.45, 7) is 4.88. The number of rotatable bonds is 5. The van der Waals surface area contributed by atoms with Gasteiger partial charge in [-0.1, -0.05) is 6.42 Å². The molecule has 3 aliphatic rings. The first-order chi connectivity index (χ1) is 14.5. The van der Waals surface area contributed by atoms with Gasteiger partial charge in [-0.3, -0.25) is 4.79 Å². The monoisotopic (exact) mass is 407 g/mol. The highest BCUT2D eigenvalue weighted by Gasteiger charge is 2.43. The first-order valence-corrected chi connectivity index (χ1v) is 11.2. The number of ether oxygens (including phenoxy) is 2. The van der Waals surface area contributed by atoms with Crippen molar-refractivity contribution >= 4 is 5.97 Å². The number of benzene rings is 1. The van der Waals surface area contributed by atoms with Crippen molar-refractivity contribution in [2.75, 3.05) is 13.2 Å². The molecule has 0 N–H and O–H groups in total. The Morgan fingerprint density at radius 1 is 1.20 bits per heavy atom. The van der Waals surface area contributed by atoms with Gasteiger partial charge in [0.1, 0.15) is 11.3 Å². The zero-order valence-corrected chi connectivity index (χ0v) is 17.8. The Balaban J connectivity index is 1.57. The van der Waals surface area contributed by atoms with E-state index in [2.05, 4.69) is 23.6 Å². The Morgan fingerprint density at radius 2 is 2.00 bits per heavy atom. The largest absolute Gasteiger partial charge is 0.493 e. The van der Waals surface area contributed by atoms with Crippen LogP contribution < -0.4 is 10.2 Å². The van der Waals surface area contributed by atoms with Crippen molar-refractivity contribution in [3.8, 4) is 17.0 Å². The highest BCUT2D eigenvalue weighted by molar-refractivity contribution is 5.89. The first kappa shape index (κ1) is 19.4. The van der Waals surface area contributed by atoms with Crippen LogP contribution in [0.2, 0.25) is 0 Å². The summed E-state index contributed by atoms with van der Waals surface area (Å²) in [5.41, 5.74) is 4.12. The Hall–Kier alpha value is -2.56. The number of hydrogen-bond acceptors (Lipinski definition) is 4. The second-order valence-electron chi connectivity index (χ2n) is 9.16. The van der Waals surface area contributed by atoms with E-state index in [1.807, 2.05) is 0 Å². The number of esters is 1. The minimum atomic E-state index is -0.533. The van der Waals surface area contributed by atoms with Gasteiger partial charge < -0.3 is 14.0 Å². The summed E-state index contributed by atoms with van der Waals surface area (Å²) in [7, 11) is 0. The van der Waals surface area contributed by atoms with E-state index < -0.39 is 5.97 Å². The fourth-order valence-electron chi connectivity index (χ4n) is 5.08. The molecular weight excluding hydrogens is 378 g/mol. The van der Waals surface area contributed by atoms with Gasteiger partial charge in [0, 0.05) is 23.4 Å². The highest BCUT2D eigenvalue weighted by atomic mass is 16.5. The quantitative estimate of drug-likeness (QED) is 0.679. The molecule has 2 saturated carbocycles. The first-order valence-electron chi connectivity index (χ1n) is 11.2. The van der Waals surface area contributed by atoms with Gasteiger partial charge in [0.2, 0.25) is 0 Å². The molecule has 30 heavy (non-hydrogen) atoms. The molecule has 0 radical (unpaired) electrons. The molecule has 2 fully saturated rings. The van der Waals surface area contributed by atoms with Gasteiger partial charge in [-0.25, -0.2) is 4.79 Å². The highest BCUT2D eigenvalue weighted by Crippen LogP contribution is 2.49. The van der Waals surface area contributed by atoms with Crippen LogP contribution in [0.25, 0.3) is 11.3 Å². The van der Waals surface area contributed by atoms with Crippen LogP contribution in [0.1, 0.15) is 66.9 Å². The Morgan fingerprint density at radius 3 is 2.63 bits per heavy atom. The lowest BCUT2D eigenvalue weighted by molar-refractivity contribution is 0.0521. The maximum absolute atomic E-state index is 12.8. The molecule has 0 saturated heterocycles. The fourth-order valence-corrected chi connectivity index (χ4v) is 5.08. The minimum Gasteiger partial charge on any atom is -0.493 e. The topological polar surface area (TPSA) is 57.5 Å². The summed E-state index contributed by atoms with van der Waals surface area (Å²) < 4.78 is 13.5. The SMILES string of the molecule is CCOC(=O)c1cn2c(cc1=O)-c1cc(C)c(OCC3CCC3)cc1CC21CCC1. The molecule has 1 aliphatic heterocycles. The lowest BCUT2D eigenvalue weighted by atomic mass is 9.69. The second-order valence-corrected chi connectivity index (χ2v) is 9.16. The van der Waals surface area contributed by atoms with Crippen molar-refractivity contribution in [3.05, 3.63) is 51.3 Å². The molecule has 2 aromatic rings. The third-order valence-corrected chi connectivity index (χ3v) is 7.24. The molecule has 1 spiro atoms. The number of fused-ring (bicyclic) bond motifs is 4. The minimum absolute atomic E-state index is 0.0578. The van der Waals surface area contributed by atoms with Gasteiger partial charge in [0.15, 0.2) is 5.43 Å². The maximum Gasteiger partial charge on any atom is 0.343 e. The van der Waals surface area contributed by atoms with E-state index in [9.17, 15) is 9.59 Å². The third-order valence-electron chi connectivity index (χ3n) is 7.24. The van der Waals surface area contributed by atoms with Crippen LogP contribution >= 0.6 is 0 Å². The van der Waals surface area contributed by atoms with Crippen molar-refractivity contribution < 1.29 is 14.3 Å². The number of carbonyl (C=O) groups is 1. The van der Waals surface area contributed by atoms with Crippen LogP contribution in [-0.2, 0) is 16.7 Å². The predicted octanol–water partition coefficient (Wildman–Crippen LogP) is 4.61. The Labute approximate surface area is 177 Å². The molecule has 1 aromatic heterocycles. The van der Waals surface area contributed by atoms with Gasteiger partial charge in [-0.15, -0.1) is 0 Å². The molecule has 2 heterocycles. The number of aromatic nitrogens is 1. The van der Waals surface area contributed by atoms with Crippen molar-refractivity contribution in [3.63, 3.8) is 0 Å². The van der Waals surface area contributed by atoms with Gasteiger partial charge in [-0.2, -0.15) is 0 Å². The van der Waals surface area contributed by atoms with E-state index in [0.717, 1.165) is 54.9 Å². The second kappa shape index (κ2) is 7.29. The van der Waals surface area contributed by atoms with Crippen LogP contribution in [-0.4, -0.2) is 23.8 Å². The molecule has 2 aliphatic carbocycles. The molecule has 158 valence electrons. The van der Waals surface area contributed by atoms with E-state index >= 15 is 0 Å². The summed E-state index contributed by atoms with van der Waals surface area (Å²) in [6.07, 6.45) is 9.77. The van der Waals surface area contributed by atoms with Crippen LogP contribution in [0.4, 0.5) is 0 Å². The smallest absolute Gasteiger partial charge is 0.343 e. The van der Waals surface area contributed by atoms with Crippen molar-refractivity contribution in [1.29, 1.82) is 0 Å². The number of pyridine rings is 1. The number of nitrogens with zero attached hydrogens (tertiary/aromatic N) is 1. The summed E-state index contributed by atoms with van der Waals surface area (Å²) in [5, 5.41) is 0. The van der Waals surface area contributed by atoms with E-state index in [1.165, 1.54) is 24.8 Å². The zero-order chi connectivity index (χ0) is 20.9. The molecule has 5 rings (SSSR count). The van der Waals surface area contributed by atoms with E-state index in [4.69, 9.17) is 9.47 Å². The van der Waals surface area contributed by atoms with Gasteiger partial charge >= 0.3 is 5.97 Å². The lowest BCUT2D eigenvalue weighted by Gasteiger charge is -2.49. The standard InChI is InChI=1S/C25H29NO4/c1-3-29-24(28)20-14-26-21(12-22(20)27)19-10-16(2)23(30-15-17-6-4-7-17)11-18(19)13-25(26)8-5-9-25/h10-12,14,17H,3-9,13,15H2,1-2H3. The number of aryl methyl sites for hydroxylation is 1. The van der Waals surface area contributed by atoms with Crippen molar-refractivity contribution in [2.45, 2.75) is 64.3 Å². The van der Waals surface area contributed by atoms with Crippen LogP contribution in [0, 0.1) is 12.8 Å². The van der Waals surface area contributed by atoms with Crippen molar-refractivity contribution in [2.24, 2.45) is 5.92 Å². The molecule has 0 unspecified atom stereocenters. The maximum atomic E-state index is 12.8. The lowest BCUT2D eigenvalue weighted by Crippen LogP contribution is -2.46. The molecule has 0 bridgehead atoms. The number of hydrogen-bond donors (Lipinski definition) is 0. The average molecular weight is 408 g/mol. The van der Waals surface area contributed by atoms with Crippen molar-refractivity contribution in [1.82, 2.24) is 4.57 Å².